The van der Waals surface area contributed by atoms with E-state index in [2.05, 4.69) is 5.32 Å². The molecule has 1 aromatic heterocycles. The summed E-state index contributed by atoms with van der Waals surface area (Å²) in [5, 5.41) is 2.32. The minimum Gasteiger partial charge on any atom is -0.423 e. The Kier molecular flexibility index (Phi) is 4.08. The van der Waals surface area contributed by atoms with Crippen molar-refractivity contribution in [3.05, 3.63) is 75.6 Å². The SMILES string of the molecule is Cc1cccc(C(=O)Nc2ccc3c(C(F)(F)F)cc(=O)oc3c2)c1. The zero-order valence-electron chi connectivity index (χ0n) is 13.0. The number of halogens is 3. The fourth-order valence-electron chi connectivity index (χ4n) is 2.46. The molecule has 0 spiro atoms. The monoisotopic (exact) mass is 347 g/mol. The molecule has 3 rings (SSSR count). The van der Waals surface area contributed by atoms with Gasteiger partial charge in [0, 0.05) is 28.8 Å². The number of carbonyl (C=O) groups excluding carboxylic acids is 1. The fourth-order valence-corrected chi connectivity index (χ4v) is 2.46. The number of carbonyl (C=O) groups is 1. The highest BCUT2D eigenvalue weighted by Crippen LogP contribution is 2.34. The summed E-state index contributed by atoms with van der Waals surface area (Å²) < 4.78 is 43.9. The smallest absolute Gasteiger partial charge is 0.417 e. The Labute approximate surface area is 139 Å². The van der Waals surface area contributed by atoms with Crippen LogP contribution in [0.25, 0.3) is 11.0 Å². The van der Waals surface area contributed by atoms with Crippen LogP contribution in [0.2, 0.25) is 0 Å². The van der Waals surface area contributed by atoms with Crippen LogP contribution in [0.1, 0.15) is 21.5 Å². The highest BCUT2D eigenvalue weighted by molar-refractivity contribution is 6.05. The van der Waals surface area contributed by atoms with Crippen LogP contribution in [-0.4, -0.2) is 5.91 Å². The van der Waals surface area contributed by atoms with E-state index in [1.807, 2.05) is 13.0 Å². The number of rotatable bonds is 2. The first-order chi connectivity index (χ1) is 11.7. The molecule has 4 nitrogen and oxygen atoms in total. The number of hydrogen-bond donors (Lipinski definition) is 1. The second-order valence-electron chi connectivity index (χ2n) is 5.51. The van der Waals surface area contributed by atoms with Gasteiger partial charge in [0.1, 0.15) is 5.58 Å². The number of benzene rings is 2. The zero-order chi connectivity index (χ0) is 18.2. The van der Waals surface area contributed by atoms with Crippen LogP contribution in [-0.2, 0) is 6.18 Å². The Balaban J connectivity index is 1.99. The van der Waals surface area contributed by atoms with Crippen molar-refractivity contribution in [3.8, 4) is 0 Å². The highest BCUT2D eigenvalue weighted by atomic mass is 19.4. The van der Waals surface area contributed by atoms with Gasteiger partial charge in [0.15, 0.2) is 0 Å². The predicted molar refractivity (Wildman–Crippen MR) is 86.6 cm³/mol. The summed E-state index contributed by atoms with van der Waals surface area (Å²) in [6.07, 6.45) is -4.68. The minimum atomic E-state index is -4.68. The lowest BCUT2D eigenvalue weighted by Gasteiger charge is -2.11. The van der Waals surface area contributed by atoms with Crippen LogP contribution in [0.3, 0.4) is 0 Å². The van der Waals surface area contributed by atoms with Gasteiger partial charge in [-0.15, -0.1) is 0 Å². The molecule has 0 bridgehead atoms. The van der Waals surface area contributed by atoms with Crippen molar-refractivity contribution in [2.75, 3.05) is 5.32 Å². The van der Waals surface area contributed by atoms with Crippen LogP contribution in [0.15, 0.2) is 57.7 Å². The molecule has 128 valence electrons. The zero-order valence-corrected chi connectivity index (χ0v) is 13.0. The van der Waals surface area contributed by atoms with Crippen molar-refractivity contribution in [3.63, 3.8) is 0 Å². The van der Waals surface area contributed by atoms with Crippen LogP contribution >= 0.6 is 0 Å². The molecule has 1 heterocycles. The first-order valence-electron chi connectivity index (χ1n) is 7.27. The average Bonchev–Trinajstić information content (AvgIpc) is 2.52. The molecule has 0 aliphatic heterocycles. The van der Waals surface area contributed by atoms with Crippen LogP contribution in [0, 0.1) is 6.92 Å². The van der Waals surface area contributed by atoms with Gasteiger partial charge < -0.3 is 9.73 Å². The van der Waals surface area contributed by atoms with Crippen molar-refractivity contribution in [1.82, 2.24) is 0 Å². The van der Waals surface area contributed by atoms with Crippen molar-refractivity contribution in [2.24, 2.45) is 0 Å². The lowest BCUT2D eigenvalue weighted by Crippen LogP contribution is -2.13. The second-order valence-corrected chi connectivity index (χ2v) is 5.51. The molecule has 0 saturated carbocycles. The first-order valence-corrected chi connectivity index (χ1v) is 7.27. The van der Waals surface area contributed by atoms with Gasteiger partial charge in [-0.25, -0.2) is 4.79 Å². The van der Waals surface area contributed by atoms with Crippen LogP contribution in [0.5, 0.6) is 0 Å². The maximum atomic E-state index is 13.0. The number of alkyl halides is 3. The molecule has 0 fully saturated rings. The van der Waals surface area contributed by atoms with Crippen molar-refractivity contribution >= 4 is 22.6 Å². The Morgan fingerprint density at radius 2 is 1.84 bits per heavy atom. The Morgan fingerprint density at radius 1 is 1.08 bits per heavy atom. The highest BCUT2D eigenvalue weighted by Gasteiger charge is 2.33. The van der Waals surface area contributed by atoms with E-state index in [1.165, 1.54) is 12.1 Å². The Morgan fingerprint density at radius 3 is 2.52 bits per heavy atom. The largest absolute Gasteiger partial charge is 0.423 e. The number of amides is 1. The molecule has 1 amide bonds. The summed E-state index contributed by atoms with van der Waals surface area (Å²) in [7, 11) is 0. The van der Waals surface area contributed by atoms with Gasteiger partial charge in [0.2, 0.25) is 0 Å². The van der Waals surface area contributed by atoms with E-state index in [4.69, 9.17) is 4.42 Å². The fraction of sp³-hybridized carbons (Fsp3) is 0.111. The topological polar surface area (TPSA) is 59.3 Å². The third-order valence-corrected chi connectivity index (χ3v) is 3.59. The van der Waals surface area contributed by atoms with E-state index in [0.717, 1.165) is 11.6 Å². The lowest BCUT2D eigenvalue weighted by molar-refractivity contribution is -0.136. The number of nitrogens with one attached hydrogen (secondary N) is 1. The van der Waals surface area contributed by atoms with E-state index < -0.39 is 23.3 Å². The molecule has 0 aliphatic rings. The lowest BCUT2D eigenvalue weighted by atomic mass is 10.1. The van der Waals surface area contributed by atoms with Gasteiger partial charge in [-0.3, -0.25) is 4.79 Å². The van der Waals surface area contributed by atoms with Crippen LogP contribution < -0.4 is 10.9 Å². The molecule has 0 atom stereocenters. The average molecular weight is 347 g/mol. The third kappa shape index (κ3) is 3.55. The van der Waals surface area contributed by atoms with Gasteiger partial charge in [-0.05, 0) is 31.2 Å². The van der Waals surface area contributed by atoms with Crippen LogP contribution in [0.4, 0.5) is 18.9 Å². The molecular formula is C18H12F3NO3. The molecule has 0 aliphatic carbocycles. The standard InChI is InChI=1S/C18H12F3NO3/c1-10-3-2-4-11(7-10)17(24)22-12-5-6-13-14(18(19,20)21)9-16(23)25-15(13)8-12/h2-9H,1H3,(H,22,24). The van der Waals surface area contributed by atoms with Crippen molar-refractivity contribution < 1.29 is 22.4 Å². The first kappa shape index (κ1) is 16.8. The van der Waals surface area contributed by atoms with Gasteiger partial charge in [-0.1, -0.05) is 17.7 Å². The summed E-state index contributed by atoms with van der Waals surface area (Å²) in [4.78, 5) is 23.6. The van der Waals surface area contributed by atoms with Gasteiger partial charge in [0.05, 0.1) is 5.56 Å². The van der Waals surface area contributed by atoms with E-state index in [-0.39, 0.29) is 16.7 Å². The number of fused-ring (bicyclic) bond motifs is 1. The maximum Gasteiger partial charge on any atom is 0.417 e. The van der Waals surface area contributed by atoms with Gasteiger partial charge in [-0.2, -0.15) is 13.2 Å². The second kappa shape index (κ2) is 6.08. The van der Waals surface area contributed by atoms with E-state index in [0.29, 0.717) is 11.6 Å². The van der Waals surface area contributed by atoms with E-state index in [1.54, 1.807) is 18.2 Å². The molecule has 1 N–H and O–H groups in total. The Bertz CT molecular complexity index is 1020. The van der Waals surface area contributed by atoms with Gasteiger partial charge in [0.25, 0.3) is 5.91 Å². The quantitative estimate of drug-likeness (QED) is 0.700. The van der Waals surface area contributed by atoms with Gasteiger partial charge >= 0.3 is 11.8 Å². The molecule has 0 unspecified atom stereocenters. The normalized spacial score (nSPS) is 11.5. The Hall–Kier alpha value is -3.09. The summed E-state index contributed by atoms with van der Waals surface area (Å²) in [5.41, 5.74) is -0.904. The van der Waals surface area contributed by atoms with E-state index in [9.17, 15) is 22.8 Å². The summed E-state index contributed by atoms with van der Waals surface area (Å²) >= 11 is 0. The predicted octanol–water partition coefficient (Wildman–Crippen LogP) is 4.37. The molecule has 0 saturated heterocycles. The number of aryl methyl sites for hydroxylation is 1. The molecule has 3 aromatic rings. The maximum absolute atomic E-state index is 13.0. The minimum absolute atomic E-state index is 0.224. The van der Waals surface area contributed by atoms with Crippen molar-refractivity contribution in [2.45, 2.75) is 13.1 Å². The number of hydrogen-bond acceptors (Lipinski definition) is 3. The van der Waals surface area contributed by atoms with E-state index >= 15 is 0 Å². The molecular weight excluding hydrogens is 335 g/mol. The molecule has 0 radical (unpaired) electrons. The molecule has 2 aromatic carbocycles. The van der Waals surface area contributed by atoms with Crippen molar-refractivity contribution in [1.29, 1.82) is 0 Å². The number of anilines is 1. The summed E-state index contributed by atoms with van der Waals surface area (Å²) in [5.74, 6) is -0.419. The molecule has 7 heteroatoms. The summed E-state index contributed by atoms with van der Waals surface area (Å²) in [6.45, 7) is 1.83. The third-order valence-electron chi connectivity index (χ3n) is 3.59. The molecule has 25 heavy (non-hydrogen) atoms. The summed E-state index contributed by atoms with van der Waals surface area (Å²) in [6, 6.07) is 10.9.